The summed E-state index contributed by atoms with van der Waals surface area (Å²) in [5, 5.41) is 7.58. The van der Waals surface area contributed by atoms with E-state index in [0.717, 1.165) is 4.72 Å². The summed E-state index contributed by atoms with van der Waals surface area (Å²) in [5.74, 6) is 0. The molecule has 1 amide bonds. The Balaban J connectivity index is 3.32. The largest absolute Gasteiger partial charge is 0.755 e. The lowest BCUT2D eigenvalue weighted by Gasteiger charge is -1.99. The van der Waals surface area contributed by atoms with Gasteiger partial charge in [0.15, 0.2) is 0 Å². The van der Waals surface area contributed by atoms with Crippen LogP contribution in [0.3, 0.4) is 0 Å². The van der Waals surface area contributed by atoms with Gasteiger partial charge in [-0.1, -0.05) is 0 Å². The van der Waals surface area contributed by atoms with Crippen molar-refractivity contribution >= 4 is 17.4 Å². The summed E-state index contributed by atoms with van der Waals surface area (Å²) in [6.45, 7) is 0. The number of carbonyl (C=O) groups is 1. The third-order valence-electron chi connectivity index (χ3n) is 0.171. The monoisotopic (exact) mass is 124 g/mol. The minimum atomic E-state index is -2.70. The number of nitrogens with one attached hydrogen (secondary N) is 1. The predicted octanol–water partition coefficient (Wildman–Crippen LogP) is -0.952. The zero-order valence-electron chi connectivity index (χ0n) is 3.08. The number of carboxylic acid groups (broad SMARTS) is 1. The molecule has 0 aromatic carbocycles. The van der Waals surface area contributed by atoms with Crippen LogP contribution >= 0.6 is 0 Å². The SMILES string of the molecule is O=C(O)NS(=O)[O-]. The van der Waals surface area contributed by atoms with Gasteiger partial charge in [0.2, 0.25) is 0 Å². The van der Waals surface area contributed by atoms with E-state index in [1.807, 2.05) is 0 Å². The Bertz CT molecular complexity index is 87.9. The highest BCUT2D eigenvalue weighted by molar-refractivity contribution is 7.77. The average Bonchev–Trinajstić information content (AvgIpc) is 1.27. The fourth-order valence-electron chi connectivity index (χ4n) is 0.0713. The van der Waals surface area contributed by atoms with Crippen LogP contribution in [0, 0.1) is 0 Å². The lowest BCUT2D eigenvalue weighted by atomic mass is 11.3. The van der Waals surface area contributed by atoms with Crippen molar-refractivity contribution in [2.75, 3.05) is 0 Å². The van der Waals surface area contributed by atoms with E-state index in [2.05, 4.69) is 0 Å². The molecule has 0 saturated heterocycles. The molecule has 0 aliphatic carbocycles. The molecule has 2 N–H and O–H groups in total. The Labute approximate surface area is 41.8 Å². The second-order valence-electron chi connectivity index (χ2n) is 0.642. The molecule has 0 heterocycles. The molecule has 0 spiro atoms. The van der Waals surface area contributed by atoms with Gasteiger partial charge in [0, 0.05) is 11.3 Å². The van der Waals surface area contributed by atoms with Gasteiger partial charge in [-0.3, -0.25) is 8.93 Å². The third kappa shape index (κ3) is 5.38. The van der Waals surface area contributed by atoms with Gasteiger partial charge < -0.3 is 9.66 Å². The first kappa shape index (κ1) is 6.38. The van der Waals surface area contributed by atoms with Gasteiger partial charge in [-0.25, -0.2) is 4.79 Å². The Kier molecular flexibility index (Phi) is 2.31. The van der Waals surface area contributed by atoms with Gasteiger partial charge in [0.25, 0.3) is 0 Å². The molecule has 5 nitrogen and oxygen atoms in total. The molecule has 0 saturated carbocycles. The molecule has 0 rings (SSSR count). The highest BCUT2D eigenvalue weighted by Gasteiger charge is 1.87. The quantitative estimate of drug-likeness (QED) is 0.441. The van der Waals surface area contributed by atoms with E-state index in [1.165, 1.54) is 0 Å². The van der Waals surface area contributed by atoms with Crippen molar-refractivity contribution in [2.24, 2.45) is 0 Å². The van der Waals surface area contributed by atoms with Crippen LogP contribution in [-0.4, -0.2) is 20.0 Å². The lowest BCUT2D eigenvalue weighted by molar-refractivity contribution is 0.200. The molecule has 0 radical (unpaired) electrons. The second-order valence-corrected chi connectivity index (χ2v) is 1.32. The number of hydrogen-bond donors (Lipinski definition) is 2. The van der Waals surface area contributed by atoms with Gasteiger partial charge >= 0.3 is 6.09 Å². The van der Waals surface area contributed by atoms with E-state index < -0.39 is 17.4 Å². The molecule has 0 aromatic rings. The van der Waals surface area contributed by atoms with Crippen LogP contribution in [0.4, 0.5) is 4.79 Å². The average molecular weight is 124 g/mol. The molecule has 7 heavy (non-hydrogen) atoms. The van der Waals surface area contributed by atoms with Crippen LogP contribution in [0.15, 0.2) is 0 Å². The summed E-state index contributed by atoms with van der Waals surface area (Å²) in [4.78, 5) is 9.31. The smallest absolute Gasteiger partial charge is 0.415 e. The molecule has 0 aliphatic rings. The number of rotatable bonds is 1. The van der Waals surface area contributed by atoms with Crippen LogP contribution in [0.2, 0.25) is 0 Å². The molecular formula is CH2NO4S-. The molecule has 1 atom stereocenters. The number of hydrogen-bond acceptors (Lipinski definition) is 3. The summed E-state index contributed by atoms with van der Waals surface area (Å²) in [6.07, 6.45) is -1.58. The van der Waals surface area contributed by atoms with Crippen molar-refractivity contribution in [1.82, 2.24) is 4.72 Å². The first-order valence-corrected chi connectivity index (χ1v) is 2.29. The van der Waals surface area contributed by atoms with Gasteiger partial charge in [-0.05, 0) is 0 Å². The zero-order chi connectivity index (χ0) is 5.86. The Morgan fingerprint density at radius 3 is 2.29 bits per heavy atom. The van der Waals surface area contributed by atoms with Crippen molar-refractivity contribution in [3.63, 3.8) is 0 Å². The summed E-state index contributed by atoms with van der Waals surface area (Å²) in [5.41, 5.74) is 0. The molecule has 6 heteroatoms. The molecule has 0 aliphatic heterocycles. The predicted molar refractivity (Wildman–Crippen MR) is 20.1 cm³/mol. The Morgan fingerprint density at radius 1 is 1.86 bits per heavy atom. The van der Waals surface area contributed by atoms with E-state index in [9.17, 15) is 13.6 Å². The first-order valence-electron chi connectivity index (χ1n) is 1.22. The van der Waals surface area contributed by atoms with Crippen LogP contribution in [-0.2, 0) is 11.3 Å². The van der Waals surface area contributed by atoms with Crippen molar-refractivity contribution < 1.29 is 18.7 Å². The molecule has 0 fully saturated rings. The Morgan fingerprint density at radius 2 is 2.29 bits per heavy atom. The van der Waals surface area contributed by atoms with Crippen molar-refractivity contribution in [1.29, 1.82) is 0 Å². The van der Waals surface area contributed by atoms with Crippen molar-refractivity contribution in [3.8, 4) is 0 Å². The molecule has 42 valence electrons. The van der Waals surface area contributed by atoms with E-state index in [-0.39, 0.29) is 0 Å². The summed E-state index contributed by atoms with van der Waals surface area (Å²) < 4.78 is 19.8. The minimum absolute atomic E-state index is 1.14. The summed E-state index contributed by atoms with van der Waals surface area (Å²) in [7, 11) is 0. The third-order valence-corrected chi connectivity index (χ3v) is 0.512. The van der Waals surface area contributed by atoms with Gasteiger partial charge in [-0.15, -0.1) is 0 Å². The fourth-order valence-corrected chi connectivity index (χ4v) is 0.214. The van der Waals surface area contributed by atoms with Gasteiger partial charge in [0.1, 0.15) is 0 Å². The van der Waals surface area contributed by atoms with Crippen LogP contribution in [0.1, 0.15) is 0 Å². The molecular weight excluding hydrogens is 122 g/mol. The lowest BCUT2D eigenvalue weighted by Crippen LogP contribution is -2.22. The maximum absolute atomic E-state index is 9.32. The first-order chi connectivity index (χ1) is 3.13. The van der Waals surface area contributed by atoms with Crippen molar-refractivity contribution in [3.05, 3.63) is 0 Å². The summed E-state index contributed by atoms with van der Waals surface area (Å²) >= 11 is -2.70. The number of amides is 1. The van der Waals surface area contributed by atoms with E-state index >= 15 is 0 Å². The Hall–Kier alpha value is -0.620. The molecule has 0 bridgehead atoms. The van der Waals surface area contributed by atoms with Crippen molar-refractivity contribution in [2.45, 2.75) is 0 Å². The molecule has 1 unspecified atom stereocenters. The summed E-state index contributed by atoms with van der Waals surface area (Å²) in [6, 6.07) is 0. The maximum atomic E-state index is 9.32. The maximum Gasteiger partial charge on any atom is 0.415 e. The topological polar surface area (TPSA) is 89.5 Å². The second kappa shape index (κ2) is 2.54. The zero-order valence-corrected chi connectivity index (χ0v) is 3.90. The van der Waals surface area contributed by atoms with Gasteiger partial charge in [0.05, 0.1) is 0 Å². The van der Waals surface area contributed by atoms with E-state index in [0.29, 0.717) is 0 Å². The minimum Gasteiger partial charge on any atom is -0.755 e. The van der Waals surface area contributed by atoms with Gasteiger partial charge in [-0.2, -0.15) is 0 Å². The highest BCUT2D eigenvalue weighted by atomic mass is 32.2. The van der Waals surface area contributed by atoms with Crippen LogP contribution < -0.4 is 4.72 Å². The standard InChI is InChI=1S/CH3NO4S/c3-1(4)2-7(5)6/h2H,(H,3,4)(H,5,6)/p-1. The highest BCUT2D eigenvalue weighted by Crippen LogP contribution is 1.61. The van der Waals surface area contributed by atoms with E-state index in [4.69, 9.17) is 5.11 Å². The van der Waals surface area contributed by atoms with Crippen LogP contribution in [0.25, 0.3) is 0 Å². The van der Waals surface area contributed by atoms with Crippen LogP contribution in [0.5, 0.6) is 0 Å². The fraction of sp³-hybridized carbons (Fsp3) is 0. The van der Waals surface area contributed by atoms with E-state index in [1.54, 1.807) is 0 Å². The molecule has 0 aromatic heterocycles. The normalized spacial score (nSPS) is 12.7.